The highest BCUT2D eigenvalue weighted by Crippen LogP contribution is 2.27. The van der Waals surface area contributed by atoms with Gasteiger partial charge < -0.3 is 4.74 Å². The van der Waals surface area contributed by atoms with Gasteiger partial charge in [0.1, 0.15) is 0 Å². The van der Waals surface area contributed by atoms with Crippen molar-refractivity contribution in [2.24, 2.45) is 0 Å². The molecular formula is C20H21FN2O2S. The van der Waals surface area contributed by atoms with E-state index in [1.807, 2.05) is 38.1 Å². The number of hydrogen-bond acceptors (Lipinski definition) is 4. The first-order chi connectivity index (χ1) is 12.5. The summed E-state index contributed by atoms with van der Waals surface area (Å²) in [6.07, 6.45) is 0.824. The van der Waals surface area contributed by atoms with E-state index in [0.717, 1.165) is 12.0 Å². The van der Waals surface area contributed by atoms with Crippen LogP contribution in [-0.2, 0) is 5.75 Å². The van der Waals surface area contributed by atoms with Crippen LogP contribution in [0.1, 0.15) is 31.9 Å². The molecule has 0 aliphatic heterocycles. The van der Waals surface area contributed by atoms with Crippen molar-refractivity contribution in [3.05, 3.63) is 64.2 Å². The minimum absolute atomic E-state index is 0.0339. The third-order valence-corrected chi connectivity index (χ3v) is 5.42. The lowest BCUT2D eigenvalue weighted by atomic mass is 10.2. The Bertz CT molecular complexity index is 987. The molecule has 0 saturated carbocycles. The zero-order valence-electron chi connectivity index (χ0n) is 15.0. The van der Waals surface area contributed by atoms with Gasteiger partial charge in [-0.2, -0.15) is 0 Å². The van der Waals surface area contributed by atoms with E-state index in [1.54, 1.807) is 16.7 Å². The van der Waals surface area contributed by atoms with Crippen molar-refractivity contribution in [3.8, 4) is 5.75 Å². The van der Waals surface area contributed by atoms with E-state index >= 15 is 0 Å². The number of rotatable bonds is 6. The van der Waals surface area contributed by atoms with Crippen LogP contribution in [0.3, 0.4) is 0 Å². The molecule has 1 atom stereocenters. The maximum Gasteiger partial charge on any atom is 0.262 e. The molecule has 0 fully saturated rings. The van der Waals surface area contributed by atoms with Gasteiger partial charge in [0.2, 0.25) is 0 Å². The zero-order valence-corrected chi connectivity index (χ0v) is 15.8. The molecule has 0 aliphatic rings. The summed E-state index contributed by atoms with van der Waals surface area (Å²) in [5.74, 6) is 0.345. The Kier molecular flexibility index (Phi) is 5.61. The van der Waals surface area contributed by atoms with Crippen LogP contribution in [0.4, 0.5) is 4.39 Å². The molecule has 0 N–H and O–H groups in total. The fourth-order valence-corrected chi connectivity index (χ4v) is 3.79. The first kappa shape index (κ1) is 18.5. The predicted octanol–water partition coefficient (Wildman–Crippen LogP) is 4.81. The van der Waals surface area contributed by atoms with Crippen molar-refractivity contribution in [1.29, 1.82) is 0 Å². The van der Waals surface area contributed by atoms with Crippen LogP contribution in [0.15, 0.2) is 52.4 Å². The second kappa shape index (κ2) is 7.91. The molecule has 2 aromatic carbocycles. The molecule has 26 heavy (non-hydrogen) atoms. The first-order valence-corrected chi connectivity index (χ1v) is 9.50. The summed E-state index contributed by atoms with van der Waals surface area (Å²) < 4.78 is 20.6. The molecular weight excluding hydrogens is 351 g/mol. The van der Waals surface area contributed by atoms with Gasteiger partial charge in [-0.15, -0.1) is 0 Å². The average molecular weight is 372 g/mol. The fourth-order valence-electron chi connectivity index (χ4n) is 2.75. The minimum Gasteiger partial charge on any atom is -0.494 e. The lowest BCUT2D eigenvalue weighted by Gasteiger charge is -2.18. The molecule has 4 nitrogen and oxygen atoms in total. The van der Waals surface area contributed by atoms with E-state index < -0.39 is 5.82 Å². The second-order valence-electron chi connectivity index (χ2n) is 6.10. The third-order valence-electron chi connectivity index (χ3n) is 4.39. The number of benzene rings is 2. The molecule has 3 aromatic rings. The van der Waals surface area contributed by atoms with Gasteiger partial charge in [0.05, 0.1) is 18.0 Å². The van der Waals surface area contributed by atoms with Crippen LogP contribution in [0.2, 0.25) is 0 Å². The number of nitrogens with zero attached hydrogens (tertiary/aromatic N) is 2. The van der Waals surface area contributed by atoms with Crippen molar-refractivity contribution in [2.75, 3.05) is 7.11 Å². The standard InChI is InChI=1S/C20H21FN2O2S/c1-4-13(2)23-19(24)15-7-5-6-8-17(15)22-20(23)26-12-14-9-10-18(25-3)16(21)11-14/h5-11,13H,4,12H2,1-3H3/t13-/m0/s1. The highest BCUT2D eigenvalue weighted by atomic mass is 32.2. The highest BCUT2D eigenvalue weighted by molar-refractivity contribution is 7.98. The largest absolute Gasteiger partial charge is 0.494 e. The summed E-state index contributed by atoms with van der Waals surface area (Å²) in [5.41, 5.74) is 1.46. The number of ether oxygens (including phenoxy) is 1. The Hall–Kier alpha value is -2.34. The molecule has 1 aromatic heterocycles. The molecule has 3 rings (SSSR count). The van der Waals surface area contributed by atoms with Gasteiger partial charge >= 0.3 is 0 Å². The van der Waals surface area contributed by atoms with E-state index in [4.69, 9.17) is 4.74 Å². The Balaban J connectivity index is 1.98. The smallest absolute Gasteiger partial charge is 0.262 e. The van der Waals surface area contributed by atoms with E-state index in [9.17, 15) is 9.18 Å². The summed E-state index contributed by atoms with van der Waals surface area (Å²) in [6.45, 7) is 4.05. The highest BCUT2D eigenvalue weighted by Gasteiger charge is 2.15. The Labute approximate surface area is 156 Å². The molecule has 0 saturated heterocycles. The summed E-state index contributed by atoms with van der Waals surface area (Å²) in [7, 11) is 1.44. The number of hydrogen-bond donors (Lipinski definition) is 0. The van der Waals surface area contributed by atoms with Crippen LogP contribution in [0, 0.1) is 5.82 Å². The van der Waals surface area contributed by atoms with Crippen LogP contribution in [0.5, 0.6) is 5.75 Å². The van der Waals surface area contributed by atoms with E-state index in [-0.39, 0.29) is 17.4 Å². The zero-order chi connectivity index (χ0) is 18.7. The topological polar surface area (TPSA) is 44.1 Å². The lowest BCUT2D eigenvalue weighted by Crippen LogP contribution is -2.26. The van der Waals surface area contributed by atoms with E-state index in [1.165, 1.54) is 24.9 Å². The van der Waals surface area contributed by atoms with E-state index in [2.05, 4.69) is 4.98 Å². The SMILES string of the molecule is CC[C@H](C)n1c(SCc2ccc(OC)c(F)c2)nc2ccccc2c1=O. The lowest BCUT2D eigenvalue weighted by molar-refractivity contribution is 0.386. The fraction of sp³-hybridized carbons (Fsp3) is 0.300. The number of halogens is 1. The quantitative estimate of drug-likeness (QED) is 0.460. The predicted molar refractivity (Wildman–Crippen MR) is 104 cm³/mol. The van der Waals surface area contributed by atoms with Gasteiger partial charge in [0, 0.05) is 11.8 Å². The van der Waals surface area contributed by atoms with E-state index in [0.29, 0.717) is 21.8 Å². The van der Waals surface area contributed by atoms with Crippen molar-refractivity contribution in [1.82, 2.24) is 9.55 Å². The normalized spacial score (nSPS) is 12.3. The van der Waals surface area contributed by atoms with Crippen molar-refractivity contribution in [2.45, 2.75) is 37.2 Å². The number of para-hydroxylation sites is 1. The van der Waals surface area contributed by atoms with Gasteiger partial charge in [0.15, 0.2) is 16.7 Å². The van der Waals surface area contributed by atoms with Crippen LogP contribution < -0.4 is 10.3 Å². The van der Waals surface area contributed by atoms with Crippen molar-refractivity contribution < 1.29 is 9.13 Å². The van der Waals surface area contributed by atoms with Crippen molar-refractivity contribution >= 4 is 22.7 Å². The molecule has 0 radical (unpaired) electrons. The molecule has 1 heterocycles. The summed E-state index contributed by atoms with van der Waals surface area (Å²) in [4.78, 5) is 17.6. The summed E-state index contributed by atoms with van der Waals surface area (Å²) >= 11 is 1.44. The summed E-state index contributed by atoms with van der Waals surface area (Å²) in [5, 5.41) is 1.27. The molecule has 0 bridgehead atoms. The number of thioether (sulfide) groups is 1. The van der Waals surface area contributed by atoms with Gasteiger partial charge in [-0.05, 0) is 43.2 Å². The third kappa shape index (κ3) is 3.60. The summed E-state index contributed by atoms with van der Waals surface area (Å²) in [6, 6.07) is 12.3. The number of methoxy groups -OCH3 is 1. The molecule has 6 heteroatoms. The molecule has 0 aliphatic carbocycles. The average Bonchev–Trinajstić information content (AvgIpc) is 2.66. The Morgan fingerprint density at radius 1 is 1.27 bits per heavy atom. The molecule has 136 valence electrons. The number of aromatic nitrogens is 2. The van der Waals surface area contributed by atoms with Gasteiger partial charge in [-0.25, -0.2) is 9.37 Å². The van der Waals surface area contributed by atoms with Gasteiger partial charge in [-0.1, -0.05) is 36.9 Å². The molecule has 0 amide bonds. The van der Waals surface area contributed by atoms with Gasteiger partial charge in [-0.3, -0.25) is 9.36 Å². The minimum atomic E-state index is -0.392. The Morgan fingerprint density at radius 3 is 2.73 bits per heavy atom. The number of fused-ring (bicyclic) bond motifs is 1. The maximum absolute atomic E-state index is 13.9. The maximum atomic E-state index is 13.9. The van der Waals surface area contributed by atoms with Crippen LogP contribution >= 0.6 is 11.8 Å². The Morgan fingerprint density at radius 2 is 2.04 bits per heavy atom. The van der Waals surface area contributed by atoms with Crippen LogP contribution in [0.25, 0.3) is 10.9 Å². The monoisotopic (exact) mass is 372 g/mol. The first-order valence-electron chi connectivity index (χ1n) is 8.51. The van der Waals surface area contributed by atoms with Crippen LogP contribution in [-0.4, -0.2) is 16.7 Å². The molecule has 0 spiro atoms. The molecule has 0 unspecified atom stereocenters. The van der Waals surface area contributed by atoms with Gasteiger partial charge in [0.25, 0.3) is 5.56 Å². The second-order valence-corrected chi connectivity index (χ2v) is 7.04. The van der Waals surface area contributed by atoms with Crippen molar-refractivity contribution in [3.63, 3.8) is 0 Å².